The Balaban J connectivity index is 1.73. The van der Waals surface area contributed by atoms with E-state index >= 15 is 0 Å². The molecule has 6 nitrogen and oxygen atoms in total. The molecule has 2 heterocycles. The molecule has 2 aromatic carbocycles. The maximum absolute atomic E-state index is 13.8. The molecule has 1 unspecified atom stereocenters. The molecule has 0 aliphatic carbocycles. The van der Waals surface area contributed by atoms with E-state index in [1.54, 1.807) is 27.5 Å². The third-order valence-electron chi connectivity index (χ3n) is 5.95. The first-order valence-corrected chi connectivity index (χ1v) is 14.1. The van der Waals surface area contributed by atoms with Crippen molar-refractivity contribution in [2.24, 2.45) is 0 Å². The van der Waals surface area contributed by atoms with Gasteiger partial charge < -0.3 is 4.90 Å². The van der Waals surface area contributed by atoms with Crippen molar-refractivity contribution in [3.05, 3.63) is 87.1 Å². The molecule has 1 aromatic heterocycles. The van der Waals surface area contributed by atoms with Crippen molar-refractivity contribution in [2.75, 3.05) is 11.4 Å². The number of benzene rings is 2. The quantitative estimate of drug-likeness (QED) is 0.344. The fourth-order valence-corrected chi connectivity index (χ4v) is 6.50. The Hall–Kier alpha value is -2.07. The van der Waals surface area contributed by atoms with Gasteiger partial charge in [-0.2, -0.15) is 4.31 Å². The molecular weight excluding hydrogens is 582 g/mol. The van der Waals surface area contributed by atoms with E-state index in [4.69, 9.17) is 0 Å². The molecule has 34 heavy (non-hydrogen) atoms. The Morgan fingerprint density at radius 3 is 2.53 bits per heavy atom. The van der Waals surface area contributed by atoms with E-state index in [2.05, 4.69) is 36.8 Å². The number of amides is 1. The average molecular weight is 607 g/mol. The Kier molecular flexibility index (Phi) is 7.87. The zero-order chi connectivity index (χ0) is 24.3. The first-order chi connectivity index (χ1) is 16.3. The lowest BCUT2D eigenvalue weighted by molar-refractivity contribution is 0.0984. The van der Waals surface area contributed by atoms with E-state index in [9.17, 15) is 13.2 Å². The molecule has 0 radical (unpaired) electrons. The number of aromatic nitrogens is 1. The fraction of sp³-hybridized carbons (Fsp3) is 0.280. The molecule has 3 aromatic rings. The number of anilines is 1. The van der Waals surface area contributed by atoms with Crippen LogP contribution in [0.25, 0.3) is 0 Å². The minimum atomic E-state index is -3.72. The Morgan fingerprint density at radius 1 is 1.09 bits per heavy atom. The van der Waals surface area contributed by atoms with Gasteiger partial charge in [0.05, 0.1) is 22.7 Å². The first-order valence-electron chi connectivity index (χ1n) is 11.1. The number of nitrogens with zero attached hydrogens (tertiary/aromatic N) is 3. The number of hydrogen-bond donors (Lipinski definition) is 0. The van der Waals surface area contributed by atoms with Gasteiger partial charge in [-0.3, -0.25) is 9.78 Å². The molecule has 1 atom stereocenters. The summed E-state index contributed by atoms with van der Waals surface area (Å²) in [6, 6.07) is 17.6. The second kappa shape index (κ2) is 10.7. The van der Waals surface area contributed by atoms with Crippen LogP contribution in [0.15, 0.2) is 80.7 Å². The molecule has 0 spiro atoms. The summed E-state index contributed by atoms with van der Waals surface area (Å²) in [7, 11) is -3.72. The van der Waals surface area contributed by atoms with Gasteiger partial charge in [-0.05, 0) is 90.3 Å². The Bertz CT molecular complexity index is 1270. The monoisotopic (exact) mass is 605 g/mol. The number of carbonyl (C=O) groups excluding carboxylic acids is 1. The van der Waals surface area contributed by atoms with Crippen LogP contribution in [0, 0.1) is 0 Å². The predicted molar refractivity (Wildman–Crippen MR) is 140 cm³/mol. The highest BCUT2D eigenvalue weighted by molar-refractivity contribution is 9.10. The predicted octanol–water partition coefficient (Wildman–Crippen LogP) is 6.02. The van der Waals surface area contributed by atoms with Crippen molar-refractivity contribution in [1.82, 2.24) is 9.29 Å². The van der Waals surface area contributed by atoms with Crippen LogP contribution in [-0.4, -0.2) is 36.2 Å². The van der Waals surface area contributed by atoms with Crippen molar-refractivity contribution < 1.29 is 13.2 Å². The number of pyridine rings is 1. The molecule has 1 aliphatic rings. The zero-order valence-electron chi connectivity index (χ0n) is 18.7. The molecule has 1 aliphatic heterocycles. The minimum Gasteiger partial charge on any atom is -0.302 e. The largest absolute Gasteiger partial charge is 0.302 e. The number of carbonyl (C=O) groups is 1. The fourth-order valence-electron chi connectivity index (χ4n) is 4.09. The SMILES string of the molecule is CC1CCCCN1S(=O)(=O)c1ccc(Br)c(C(=O)N(Cc2ccccn2)c2ccc(Br)cc2)c1. The van der Waals surface area contributed by atoms with E-state index in [0.717, 1.165) is 29.4 Å². The summed E-state index contributed by atoms with van der Waals surface area (Å²) in [5.41, 5.74) is 1.69. The lowest BCUT2D eigenvalue weighted by Gasteiger charge is -2.32. The molecule has 1 amide bonds. The summed E-state index contributed by atoms with van der Waals surface area (Å²) in [6.07, 6.45) is 4.38. The van der Waals surface area contributed by atoms with Crippen LogP contribution in [-0.2, 0) is 16.6 Å². The number of hydrogen-bond acceptors (Lipinski definition) is 4. The standard InChI is InChI=1S/C25H25Br2N3O3S/c1-18-6-3-5-15-30(18)34(32,33)22-12-13-24(27)23(16-22)25(31)29(17-20-7-2-4-14-28-20)21-10-8-19(26)9-11-21/h2,4,7-14,16,18H,3,5-6,15,17H2,1H3. The van der Waals surface area contributed by atoms with E-state index < -0.39 is 10.0 Å². The molecule has 9 heteroatoms. The van der Waals surface area contributed by atoms with Gasteiger partial charge in [0, 0.05) is 33.4 Å². The molecule has 1 saturated heterocycles. The summed E-state index contributed by atoms with van der Waals surface area (Å²) in [5, 5.41) is 0. The molecular formula is C25H25Br2N3O3S. The highest BCUT2D eigenvalue weighted by Gasteiger charge is 2.32. The van der Waals surface area contributed by atoms with E-state index in [-0.39, 0.29) is 29.0 Å². The molecule has 0 N–H and O–H groups in total. The number of halogens is 2. The molecule has 0 saturated carbocycles. The molecule has 178 valence electrons. The lowest BCUT2D eigenvalue weighted by Crippen LogP contribution is -2.42. The van der Waals surface area contributed by atoms with Crippen LogP contribution >= 0.6 is 31.9 Å². The summed E-state index contributed by atoms with van der Waals surface area (Å²) in [6.45, 7) is 2.67. The number of sulfonamides is 1. The highest BCUT2D eigenvalue weighted by Crippen LogP contribution is 2.30. The van der Waals surface area contributed by atoms with Gasteiger partial charge in [-0.1, -0.05) is 28.4 Å². The maximum atomic E-state index is 13.8. The van der Waals surface area contributed by atoms with Gasteiger partial charge in [0.15, 0.2) is 0 Å². The van der Waals surface area contributed by atoms with Gasteiger partial charge in [0.2, 0.25) is 10.0 Å². The summed E-state index contributed by atoms with van der Waals surface area (Å²) >= 11 is 6.90. The van der Waals surface area contributed by atoms with Crippen LogP contribution < -0.4 is 4.90 Å². The normalized spacial score (nSPS) is 16.9. The third-order valence-corrected chi connectivity index (χ3v) is 9.18. The van der Waals surface area contributed by atoms with E-state index in [1.165, 1.54) is 6.07 Å². The summed E-state index contributed by atoms with van der Waals surface area (Å²) < 4.78 is 29.8. The van der Waals surface area contributed by atoms with Crippen molar-refractivity contribution in [1.29, 1.82) is 0 Å². The lowest BCUT2D eigenvalue weighted by atomic mass is 10.1. The minimum absolute atomic E-state index is 0.0648. The van der Waals surface area contributed by atoms with Crippen molar-refractivity contribution in [3.63, 3.8) is 0 Å². The second-order valence-corrected chi connectivity index (χ2v) is 12.0. The van der Waals surface area contributed by atoms with Gasteiger partial charge in [0.25, 0.3) is 5.91 Å². The Morgan fingerprint density at radius 2 is 1.85 bits per heavy atom. The Labute approximate surface area is 217 Å². The van der Waals surface area contributed by atoms with Gasteiger partial charge in [-0.15, -0.1) is 0 Å². The van der Waals surface area contributed by atoms with Gasteiger partial charge in [0.1, 0.15) is 0 Å². The molecule has 0 bridgehead atoms. The van der Waals surface area contributed by atoms with Crippen molar-refractivity contribution in [3.8, 4) is 0 Å². The summed E-state index contributed by atoms with van der Waals surface area (Å²) in [5.74, 6) is -0.316. The number of rotatable bonds is 6. The zero-order valence-corrected chi connectivity index (χ0v) is 22.7. The van der Waals surface area contributed by atoms with E-state index in [0.29, 0.717) is 16.7 Å². The second-order valence-electron chi connectivity index (χ2n) is 8.29. The van der Waals surface area contributed by atoms with Gasteiger partial charge in [-0.25, -0.2) is 8.42 Å². The maximum Gasteiger partial charge on any atom is 0.259 e. The highest BCUT2D eigenvalue weighted by atomic mass is 79.9. The van der Waals surface area contributed by atoms with Crippen LogP contribution in [0.1, 0.15) is 42.2 Å². The smallest absolute Gasteiger partial charge is 0.259 e. The van der Waals surface area contributed by atoms with Crippen LogP contribution in [0.5, 0.6) is 0 Å². The average Bonchev–Trinajstić information content (AvgIpc) is 2.84. The van der Waals surface area contributed by atoms with Crippen molar-refractivity contribution in [2.45, 2.75) is 43.7 Å². The van der Waals surface area contributed by atoms with Crippen LogP contribution in [0.2, 0.25) is 0 Å². The van der Waals surface area contributed by atoms with Gasteiger partial charge >= 0.3 is 0 Å². The van der Waals surface area contributed by atoms with Crippen LogP contribution in [0.3, 0.4) is 0 Å². The van der Waals surface area contributed by atoms with Crippen molar-refractivity contribution >= 4 is 53.5 Å². The third kappa shape index (κ3) is 5.43. The summed E-state index contributed by atoms with van der Waals surface area (Å²) in [4.78, 5) is 19.9. The topological polar surface area (TPSA) is 70.6 Å². The first kappa shape index (κ1) is 25.0. The van der Waals surface area contributed by atoms with E-state index in [1.807, 2.05) is 49.4 Å². The molecule has 1 fully saturated rings. The number of piperidine rings is 1. The molecule has 4 rings (SSSR count). The van der Waals surface area contributed by atoms with Crippen LogP contribution in [0.4, 0.5) is 5.69 Å².